The minimum Gasteiger partial charge on any atom is -0.497 e. The topological polar surface area (TPSA) is 97.0 Å². The van der Waals surface area contributed by atoms with E-state index in [0.717, 1.165) is 16.0 Å². The highest BCUT2D eigenvalue weighted by atomic mass is 35.5. The monoisotopic (exact) mass is 539 g/mol. The van der Waals surface area contributed by atoms with E-state index < -0.39 is 11.8 Å². The number of benzene rings is 3. The first-order chi connectivity index (χ1) is 17.7. The molecule has 0 aliphatic carbocycles. The molecule has 0 atom stereocenters. The van der Waals surface area contributed by atoms with E-state index in [1.807, 2.05) is 18.2 Å². The first-order valence-corrected chi connectivity index (χ1v) is 11.9. The Hall–Kier alpha value is -4.01. The molecule has 0 radical (unpaired) electrons. The number of nitrogens with one attached hydrogen (secondary N) is 2. The van der Waals surface area contributed by atoms with Crippen LogP contribution in [0.5, 0.6) is 11.5 Å². The van der Waals surface area contributed by atoms with E-state index in [9.17, 15) is 14.4 Å². The molecule has 1 heterocycles. The van der Waals surface area contributed by atoms with E-state index in [1.165, 1.54) is 20.3 Å². The molecule has 3 aromatic carbocycles. The molecule has 8 nitrogen and oxygen atoms in total. The van der Waals surface area contributed by atoms with Crippen LogP contribution in [0.25, 0.3) is 0 Å². The van der Waals surface area contributed by atoms with Crippen LogP contribution >= 0.6 is 23.2 Å². The summed E-state index contributed by atoms with van der Waals surface area (Å²) in [5.41, 5.74) is 2.42. The van der Waals surface area contributed by atoms with Gasteiger partial charge in [-0.15, -0.1) is 0 Å². The van der Waals surface area contributed by atoms with Crippen molar-refractivity contribution in [3.05, 3.63) is 93.1 Å². The molecule has 0 bridgehead atoms. The van der Waals surface area contributed by atoms with Gasteiger partial charge in [-0.05, 0) is 48.4 Å². The van der Waals surface area contributed by atoms with Crippen LogP contribution in [0.15, 0.2) is 71.4 Å². The van der Waals surface area contributed by atoms with Gasteiger partial charge < -0.3 is 20.1 Å². The number of halogens is 2. The predicted molar refractivity (Wildman–Crippen MR) is 142 cm³/mol. The van der Waals surface area contributed by atoms with Gasteiger partial charge in [0.1, 0.15) is 22.2 Å². The number of hydrogen-bond acceptors (Lipinski definition) is 6. The first-order valence-electron chi connectivity index (χ1n) is 11.1. The normalized spacial score (nSPS) is 13.2. The minimum atomic E-state index is -0.705. The van der Waals surface area contributed by atoms with Crippen molar-refractivity contribution in [1.29, 1.82) is 0 Å². The Bertz CT molecular complexity index is 1440. The van der Waals surface area contributed by atoms with Crippen molar-refractivity contribution in [1.82, 2.24) is 5.32 Å². The fraction of sp³-hybridized carbons (Fsp3) is 0.148. The lowest BCUT2D eigenvalue weighted by Crippen LogP contribution is -2.32. The first kappa shape index (κ1) is 26.1. The quantitative estimate of drug-likeness (QED) is 0.389. The number of aryl methyl sites for hydroxylation is 1. The van der Waals surface area contributed by atoms with Gasteiger partial charge in [-0.1, -0.05) is 47.5 Å². The lowest BCUT2D eigenvalue weighted by molar-refractivity contribution is -0.120. The molecule has 0 fully saturated rings. The van der Waals surface area contributed by atoms with Gasteiger partial charge in [0.15, 0.2) is 0 Å². The van der Waals surface area contributed by atoms with E-state index in [0.29, 0.717) is 22.0 Å². The summed E-state index contributed by atoms with van der Waals surface area (Å²) in [7, 11) is 2.91. The van der Waals surface area contributed by atoms with Gasteiger partial charge in [0, 0.05) is 28.9 Å². The number of amides is 3. The Labute approximate surface area is 223 Å². The average Bonchev–Trinajstić information content (AvgIpc) is 3.11. The Balaban J connectivity index is 1.56. The molecule has 4 rings (SSSR count). The molecule has 37 heavy (non-hydrogen) atoms. The van der Waals surface area contributed by atoms with Crippen LogP contribution in [0.4, 0.5) is 11.4 Å². The molecular weight excluding hydrogens is 517 g/mol. The van der Waals surface area contributed by atoms with E-state index in [1.54, 1.807) is 43.3 Å². The predicted octanol–water partition coefficient (Wildman–Crippen LogP) is 5.03. The number of carbonyl (C=O) groups is 3. The van der Waals surface area contributed by atoms with E-state index in [4.69, 9.17) is 32.7 Å². The number of anilines is 2. The third-order valence-electron chi connectivity index (χ3n) is 5.81. The number of imide groups is 1. The molecule has 0 saturated carbocycles. The van der Waals surface area contributed by atoms with Gasteiger partial charge in [-0.3, -0.25) is 14.4 Å². The van der Waals surface area contributed by atoms with Crippen molar-refractivity contribution in [2.75, 3.05) is 24.4 Å². The highest BCUT2D eigenvalue weighted by Crippen LogP contribution is 2.38. The molecule has 10 heteroatoms. The van der Waals surface area contributed by atoms with Crippen molar-refractivity contribution < 1.29 is 23.9 Å². The zero-order valence-corrected chi connectivity index (χ0v) is 21.7. The van der Waals surface area contributed by atoms with Crippen molar-refractivity contribution in [2.45, 2.75) is 13.5 Å². The summed E-state index contributed by atoms with van der Waals surface area (Å²) in [6, 6.07) is 16.9. The van der Waals surface area contributed by atoms with Crippen LogP contribution in [0, 0.1) is 6.92 Å². The number of methoxy groups -OCH3 is 2. The molecule has 0 aromatic heterocycles. The summed E-state index contributed by atoms with van der Waals surface area (Å²) in [5.74, 6) is -0.936. The maximum absolute atomic E-state index is 13.3. The van der Waals surface area contributed by atoms with Crippen molar-refractivity contribution >= 4 is 52.3 Å². The lowest BCUT2D eigenvalue weighted by atomic mass is 10.1. The molecule has 1 aliphatic heterocycles. The molecular formula is C27H23Cl2N3O5. The van der Waals surface area contributed by atoms with Crippen LogP contribution in [-0.2, 0) is 16.1 Å². The molecule has 3 aromatic rings. The molecule has 190 valence electrons. The van der Waals surface area contributed by atoms with Gasteiger partial charge in [0.05, 0.1) is 19.9 Å². The minimum absolute atomic E-state index is 0.110. The van der Waals surface area contributed by atoms with Gasteiger partial charge in [0.25, 0.3) is 17.7 Å². The van der Waals surface area contributed by atoms with Crippen molar-refractivity contribution in [3.8, 4) is 11.5 Å². The van der Waals surface area contributed by atoms with Gasteiger partial charge in [0.2, 0.25) is 0 Å². The van der Waals surface area contributed by atoms with Crippen LogP contribution in [0.1, 0.15) is 21.5 Å². The summed E-state index contributed by atoms with van der Waals surface area (Å²) in [4.78, 5) is 40.0. The second-order valence-corrected chi connectivity index (χ2v) is 8.89. The second-order valence-electron chi connectivity index (χ2n) is 8.10. The fourth-order valence-electron chi connectivity index (χ4n) is 3.75. The molecule has 0 spiro atoms. The number of nitrogens with zero attached hydrogens (tertiary/aromatic N) is 1. The third-order valence-corrected chi connectivity index (χ3v) is 6.53. The number of carbonyl (C=O) groups excluding carboxylic acids is 3. The standard InChI is InChI=1S/C27H23Cl2N3O5/c1-15-8-9-16(25(33)30-14-17-6-4-5-7-19(17)28)12-20(15)31-24-23(29)26(34)32(27(24)35)21-11-10-18(36-2)13-22(21)37-3/h4-13,31H,14H2,1-3H3,(H,30,33). The summed E-state index contributed by atoms with van der Waals surface area (Å²) >= 11 is 12.5. The van der Waals surface area contributed by atoms with Gasteiger partial charge in [-0.2, -0.15) is 0 Å². The molecule has 0 saturated heterocycles. The Morgan fingerprint density at radius 1 is 0.946 bits per heavy atom. The smallest absolute Gasteiger partial charge is 0.283 e. The van der Waals surface area contributed by atoms with Gasteiger partial charge >= 0.3 is 0 Å². The zero-order chi connectivity index (χ0) is 26.7. The van der Waals surface area contributed by atoms with Crippen LogP contribution in [0.2, 0.25) is 5.02 Å². The fourth-order valence-corrected chi connectivity index (χ4v) is 4.17. The SMILES string of the molecule is COc1ccc(N2C(=O)C(Cl)=C(Nc3cc(C(=O)NCc4ccccc4Cl)ccc3C)C2=O)c(OC)c1. The average molecular weight is 540 g/mol. The number of ether oxygens (including phenoxy) is 2. The highest BCUT2D eigenvalue weighted by Gasteiger charge is 2.40. The van der Waals surface area contributed by atoms with Crippen LogP contribution in [0.3, 0.4) is 0 Å². The highest BCUT2D eigenvalue weighted by molar-refractivity contribution is 6.53. The molecule has 0 unspecified atom stereocenters. The molecule has 2 N–H and O–H groups in total. The lowest BCUT2D eigenvalue weighted by Gasteiger charge is -2.19. The van der Waals surface area contributed by atoms with E-state index in [-0.39, 0.29) is 34.6 Å². The van der Waals surface area contributed by atoms with Gasteiger partial charge in [-0.25, -0.2) is 4.90 Å². The number of rotatable bonds is 8. The number of hydrogen-bond donors (Lipinski definition) is 2. The van der Waals surface area contributed by atoms with Crippen molar-refractivity contribution in [2.24, 2.45) is 0 Å². The second kappa shape index (κ2) is 10.9. The Kier molecular flexibility index (Phi) is 7.71. The summed E-state index contributed by atoms with van der Waals surface area (Å²) in [6.07, 6.45) is 0. The summed E-state index contributed by atoms with van der Waals surface area (Å²) in [5, 5.41) is 6.05. The Morgan fingerprint density at radius 2 is 1.70 bits per heavy atom. The van der Waals surface area contributed by atoms with Crippen LogP contribution < -0.4 is 25.0 Å². The summed E-state index contributed by atoms with van der Waals surface area (Å²) < 4.78 is 10.5. The zero-order valence-electron chi connectivity index (χ0n) is 20.2. The van der Waals surface area contributed by atoms with Crippen LogP contribution in [-0.4, -0.2) is 31.9 Å². The van der Waals surface area contributed by atoms with E-state index >= 15 is 0 Å². The maximum atomic E-state index is 13.3. The third kappa shape index (κ3) is 5.26. The molecule has 3 amide bonds. The Morgan fingerprint density at radius 3 is 2.41 bits per heavy atom. The van der Waals surface area contributed by atoms with E-state index in [2.05, 4.69) is 10.6 Å². The summed E-state index contributed by atoms with van der Waals surface area (Å²) in [6.45, 7) is 2.05. The van der Waals surface area contributed by atoms with Crippen molar-refractivity contribution in [3.63, 3.8) is 0 Å². The largest absolute Gasteiger partial charge is 0.497 e. The maximum Gasteiger partial charge on any atom is 0.283 e. The molecule has 1 aliphatic rings.